The second kappa shape index (κ2) is 5.82. The van der Waals surface area contributed by atoms with E-state index >= 15 is 0 Å². The van der Waals surface area contributed by atoms with Crippen molar-refractivity contribution in [1.29, 1.82) is 0 Å². The fourth-order valence-corrected chi connectivity index (χ4v) is 1.74. The number of nitro benzene ring substituents is 1. The van der Waals surface area contributed by atoms with Gasteiger partial charge >= 0.3 is 0 Å². The number of rotatable bonds is 3. The zero-order chi connectivity index (χ0) is 13.8. The van der Waals surface area contributed by atoms with Crippen molar-refractivity contribution in [3.05, 3.63) is 68.2 Å². The number of nitrogens with zero attached hydrogens (tertiary/aromatic N) is 2. The van der Waals surface area contributed by atoms with Gasteiger partial charge in [-0.1, -0.05) is 29.3 Å². The molecule has 0 heterocycles. The number of benzene rings is 2. The molecule has 19 heavy (non-hydrogen) atoms. The smallest absolute Gasteiger partial charge is 0.258 e. The van der Waals surface area contributed by atoms with Crippen molar-refractivity contribution in [2.24, 2.45) is 4.99 Å². The van der Waals surface area contributed by atoms with Crippen molar-refractivity contribution in [3.63, 3.8) is 0 Å². The van der Waals surface area contributed by atoms with Crippen molar-refractivity contribution in [2.75, 3.05) is 0 Å². The van der Waals surface area contributed by atoms with E-state index < -0.39 is 4.92 Å². The monoisotopic (exact) mass is 294 g/mol. The molecule has 0 bridgehead atoms. The summed E-state index contributed by atoms with van der Waals surface area (Å²) in [5.41, 5.74) is 1.18. The van der Waals surface area contributed by atoms with Gasteiger partial charge in [-0.2, -0.15) is 0 Å². The summed E-state index contributed by atoms with van der Waals surface area (Å²) in [7, 11) is 0. The Morgan fingerprint density at radius 1 is 1.11 bits per heavy atom. The highest BCUT2D eigenvalue weighted by molar-refractivity contribution is 6.32. The van der Waals surface area contributed by atoms with Crippen molar-refractivity contribution < 1.29 is 4.92 Å². The van der Waals surface area contributed by atoms with E-state index in [9.17, 15) is 10.1 Å². The molecule has 2 aromatic rings. The summed E-state index contributed by atoms with van der Waals surface area (Å²) in [6.07, 6.45) is 1.53. The highest BCUT2D eigenvalue weighted by Gasteiger charge is 2.11. The number of hydrogen-bond donors (Lipinski definition) is 0. The molecule has 0 spiro atoms. The summed E-state index contributed by atoms with van der Waals surface area (Å²) in [4.78, 5) is 14.4. The predicted molar refractivity (Wildman–Crippen MR) is 76.8 cm³/mol. The first kappa shape index (κ1) is 13.5. The third kappa shape index (κ3) is 3.53. The van der Waals surface area contributed by atoms with Gasteiger partial charge in [-0.15, -0.1) is 0 Å². The van der Waals surface area contributed by atoms with Crippen LogP contribution in [-0.2, 0) is 0 Å². The Bertz CT molecular complexity index is 640. The van der Waals surface area contributed by atoms with Crippen LogP contribution in [0.5, 0.6) is 0 Å². The third-order valence-corrected chi connectivity index (χ3v) is 2.93. The molecular weight excluding hydrogens is 287 g/mol. The van der Waals surface area contributed by atoms with Crippen LogP contribution in [0.4, 0.5) is 11.4 Å². The molecule has 4 nitrogen and oxygen atoms in total. The second-order valence-corrected chi connectivity index (χ2v) is 4.55. The summed E-state index contributed by atoms with van der Waals surface area (Å²) in [6, 6.07) is 11.5. The molecule has 0 aliphatic carbocycles. The first-order chi connectivity index (χ1) is 9.06. The van der Waals surface area contributed by atoms with Gasteiger partial charge in [0.1, 0.15) is 5.02 Å². The van der Waals surface area contributed by atoms with Gasteiger partial charge in [0.2, 0.25) is 0 Å². The lowest BCUT2D eigenvalue weighted by molar-refractivity contribution is -0.384. The molecule has 0 N–H and O–H groups in total. The van der Waals surface area contributed by atoms with Gasteiger partial charge in [-0.05, 0) is 35.9 Å². The second-order valence-electron chi connectivity index (χ2n) is 3.70. The topological polar surface area (TPSA) is 55.5 Å². The molecule has 0 saturated heterocycles. The van der Waals surface area contributed by atoms with E-state index in [4.69, 9.17) is 23.2 Å². The molecule has 2 aromatic carbocycles. The lowest BCUT2D eigenvalue weighted by Crippen LogP contribution is -1.91. The Kier molecular flexibility index (Phi) is 4.14. The number of hydrogen-bond acceptors (Lipinski definition) is 3. The molecule has 6 heteroatoms. The van der Waals surface area contributed by atoms with Gasteiger partial charge in [-0.3, -0.25) is 15.1 Å². The quantitative estimate of drug-likeness (QED) is 0.470. The summed E-state index contributed by atoms with van der Waals surface area (Å²) in [5.74, 6) is 0. The van der Waals surface area contributed by atoms with Crippen LogP contribution >= 0.6 is 23.2 Å². The molecule has 96 valence electrons. The predicted octanol–water partition coefficient (Wildman–Crippen LogP) is 4.65. The molecule has 2 rings (SSSR count). The summed E-state index contributed by atoms with van der Waals surface area (Å²) >= 11 is 11.5. The van der Waals surface area contributed by atoms with E-state index in [1.54, 1.807) is 30.3 Å². The van der Waals surface area contributed by atoms with E-state index in [2.05, 4.69) is 4.99 Å². The Morgan fingerprint density at radius 3 is 2.42 bits per heavy atom. The van der Waals surface area contributed by atoms with Gasteiger partial charge in [0.15, 0.2) is 0 Å². The largest absolute Gasteiger partial charge is 0.288 e. The summed E-state index contributed by atoms with van der Waals surface area (Å²) in [6.45, 7) is 0. The average molecular weight is 295 g/mol. The van der Waals surface area contributed by atoms with E-state index in [0.29, 0.717) is 16.3 Å². The van der Waals surface area contributed by atoms with E-state index in [1.807, 2.05) is 0 Å². The normalized spacial score (nSPS) is 10.8. The molecular formula is C13H8Cl2N2O2. The Labute approximate surface area is 119 Å². The van der Waals surface area contributed by atoms with E-state index in [0.717, 1.165) is 0 Å². The van der Waals surface area contributed by atoms with Crippen LogP contribution in [-0.4, -0.2) is 11.1 Å². The molecule has 0 amide bonds. The molecule has 0 aromatic heterocycles. The number of aliphatic imine (C=N–C) groups is 1. The van der Waals surface area contributed by atoms with Crippen molar-refractivity contribution in [3.8, 4) is 0 Å². The Morgan fingerprint density at radius 2 is 1.79 bits per heavy atom. The third-order valence-electron chi connectivity index (χ3n) is 2.36. The lowest BCUT2D eigenvalue weighted by Gasteiger charge is -1.97. The first-order valence-corrected chi connectivity index (χ1v) is 6.05. The molecule has 0 saturated carbocycles. The zero-order valence-corrected chi connectivity index (χ0v) is 11.1. The molecule has 0 atom stereocenters. The minimum atomic E-state index is -0.526. The van der Waals surface area contributed by atoms with Crippen molar-refractivity contribution in [1.82, 2.24) is 0 Å². The molecule has 0 aliphatic heterocycles. The Balaban J connectivity index is 2.26. The highest BCUT2D eigenvalue weighted by atomic mass is 35.5. The minimum Gasteiger partial charge on any atom is -0.258 e. The van der Waals surface area contributed by atoms with Crippen molar-refractivity contribution in [2.45, 2.75) is 0 Å². The molecule has 0 aliphatic rings. The highest BCUT2D eigenvalue weighted by Crippen LogP contribution is 2.24. The Hall–Kier alpha value is -1.91. The number of nitro groups is 1. The van der Waals surface area contributed by atoms with Crippen LogP contribution in [0.15, 0.2) is 47.5 Å². The minimum absolute atomic E-state index is 0.105. The fraction of sp³-hybridized carbons (Fsp3) is 0. The standard InChI is InChI=1S/C13H8Cl2N2O2/c14-10-2-4-11(5-3-10)16-8-9-1-6-12(15)13(7-9)17(18)19/h1-8H. The lowest BCUT2D eigenvalue weighted by atomic mass is 10.2. The van der Waals surface area contributed by atoms with Gasteiger partial charge in [0.05, 0.1) is 10.6 Å². The van der Waals surface area contributed by atoms with E-state index in [1.165, 1.54) is 18.3 Å². The van der Waals surface area contributed by atoms with Crippen molar-refractivity contribution >= 4 is 40.8 Å². The summed E-state index contributed by atoms with van der Waals surface area (Å²) < 4.78 is 0. The zero-order valence-electron chi connectivity index (χ0n) is 9.59. The van der Waals surface area contributed by atoms with Gasteiger partial charge < -0.3 is 0 Å². The maximum Gasteiger partial charge on any atom is 0.288 e. The van der Waals surface area contributed by atoms with Crippen LogP contribution in [0.3, 0.4) is 0 Å². The molecule has 0 unspecified atom stereocenters. The van der Waals surface area contributed by atoms with Crippen LogP contribution in [0.1, 0.15) is 5.56 Å². The van der Waals surface area contributed by atoms with Gasteiger partial charge in [0.25, 0.3) is 5.69 Å². The van der Waals surface area contributed by atoms with Crippen LogP contribution in [0.25, 0.3) is 0 Å². The molecule has 0 radical (unpaired) electrons. The molecule has 0 fully saturated rings. The summed E-state index contributed by atoms with van der Waals surface area (Å²) in [5, 5.41) is 11.5. The maximum absolute atomic E-state index is 10.7. The first-order valence-electron chi connectivity index (χ1n) is 5.30. The van der Waals surface area contributed by atoms with E-state index in [-0.39, 0.29) is 10.7 Å². The van der Waals surface area contributed by atoms with Crippen LogP contribution in [0, 0.1) is 10.1 Å². The number of halogens is 2. The fourth-order valence-electron chi connectivity index (χ4n) is 1.43. The SMILES string of the molecule is O=[N+]([O-])c1cc(C=Nc2ccc(Cl)cc2)ccc1Cl. The van der Waals surface area contributed by atoms with Gasteiger partial charge in [0, 0.05) is 17.3 Å². The van der Waals surface area contributed by atoms with Crippen LogP contribution in [0.2, 0.25) is 10.0 Å². The average Bonchev–Trinajstić information content (AvgIpc) is 2.39. The maximum atomic E-state index is 10.7. The van der Waals surface area contributed by atoms with Crippen LogP contribution < -0.4 is 0 Å². The van der Waals surface area contributed by atoms with Gasteiger partial charge in [-0.25, -0.2) is 0 Å².